The minimum Gasteiger partial charge on any atom is -0.347 e. The van der Waals surface area contributed by atoms with E-state index in [4.69, 9.17) is 11.6 Å². The Morgan fingerprint density at radius 2 is 1.77 bits per heavy atom. The third-order valence-electron chi connectivity index (χ3n) is 6.01. The predicted molar refractivity (Wildman–Crippen MR) is 105 cm³/mol. The number of sulfonamides is 1. The van der Waals surface area contributed by atoms with Crippen molar-refractivity contribution in [3.8, 4) is 6.07 Å². The van der Waals surface area contributed by atoms with E-state index in [1.54, 1.807) is 0 Å². The maximum Gasteiger partial charge on any atom is 0.390 e. The first kappa shape index (κ1) is 22.7. The van der Waals surface area contributed by atoms with Gasteiger partial charge in [0.15, 0.2) is 0 Å². The maximum absolute atomic E-state index is 13.0. The zero-order valence-corrected chi connectivity index (χ0v) is 17.6. The SMILES string of the molecule is N#CC12CCC(NC(=O)c3cc(Cl)ccc3NS(=O)(=O)CCC(F)(F)F)(CC1)CC2. The van der Waals surface area contributed by atoms with Gasteiger partial charge in [-0.2, -0.15) is 18.4 Å². The highest BCUT2D eigenvalue weighted by atomic mass is 35.5. The molecule has 2 N–H and O–H groups in total. The van der Waals surface area contributed by atoms with Crippen LogP contribution in [0.3, 0.4) is 0 Å². The zero-order chi connectivity index (χ0) is 22.2. The fourth-order valence-corrected chi connectivity index (χ4v) is 5.40. The number of alkyl halides is 3. The molecule has 0 radical (unpaired) electrons. The Hall–Kier alpha value is -1.99. The number of hydrogen-bond acceptors (Lipinski definition) is 4. The lowest BCUT2D eigenvalue weighted by Gasteiger charge is -2.50. The van der Waals surface area contributed by atoms with Gasteiger partial charge >= 0.3 is 6.18 Å². The molecular weight excluding hydrogens is 443 g/mol. The first-order chi connectivity index (χ1) is 13.9. The average molecular weight is 464 g/mol. The van der Waals surface area contributed by atoms with Crippen molar-refractivity contribution >= 4 is 33.2 Å². The normalized spacial score (nSPS) is 26.1. The topological polar surface area (TPSA) is 99.1 Å². The van der Waals surface area contributed by atoms with Crippen molar-refractivity contribution < 1.29 is 26.4 Å². The number of carbonyl (C=O) groups excluding carboxylic acids is 1. The van der Waals surface area contributed by atoms with Gasteiger partial charge in [-0.3, -0.25) is 9.52 Å². The lowest BCUT2D eigenvalue weighted by Crippen LogP contribution is -2.56. The van der Waals surface area contributed by atoms with Crippen LogP contribution in [0.15, 0.2) is 18.2 Å². The fraction of sp³-hybridized carbons (Fsp3) is 0.579. The number of nitrogens with zero attached hydrogens (tertiary/aromatic N) is 1. The summed E-state index contributed by atoms with van der Waals surface area (Å²) in [6.07, 6.45) is -2.17. The molecule has 1 aromatic rings. The number of benzene rings is 1. The van der Waals surface area contributed by atoms with Gasteiger partial charge in [0.05, 0.1) is 34.9 Å². The number of amides is 1. The Bertz CT molecular complexity index is 964. The van der Waals surface area contributed by atoms with Gasteiger partial charge in [0.1, 0.15) is 0 Å². The van der Waals surface area contributed by atoms with Gasteiger partial charge in [0.2, 0.25) is 10.0 Å². The van der Waals surface area contributed by atoms with E-state index in [0.29, 0.717) is 38.5 Å². The Morgan fingerprint density at radius 3 is 2.30 bits per heavy atom. The van der Waals surface area contributed by atoms with Crippen molar-refractivity contribution in [2.75, 3.05) is 10.5 Å². The molecule has 3 saturated carbocycles. The van der Waals surface area contributed by atoms with E-state index in [0.717, 1.165) is 0 Å². The number of carbonyl (C=O) groups is 1. The number of nitriles is 1. The summed E-state index contributed by atoms with van der Waals surface area (Å²) in [7, 11) is -4.32. The first-order valence-corrected chi connectivity index (χ1v) is 11.5. The number of nitrogens with one attached hydrogen (secondary N) is 2. The van der Waals surface area contributed by atoms with Gasteiger partial charge < -0.3 is 5.32 Å². The van der Waals surface area contributed by atoms with Crippen LogP contribution in [0.1, 0.15) is 55.3 Å². The second kappa shape index (κ2) is 7.93. The molecule has 6 nitrogen and oxygen atoms in total. The van der Waals surface area contributed by atoms with E-state index in [2.05, 4.69) is 16.1 Å². The second-order valence-corrected chi connectivity index (χ2v) is 10.4. The minimum absolute atomic E-state index is 0.0600. The number of fused-ring (bicyclic) bond motifs is 3. The molecule has 1 amide bonds. The van der Waals surface area contributed by atoms with Crippen LogP contribution in [-0.2, 0) is 10.0 Å². The third-order valence-corrected chi connectivity index (χ3v) is 7.52. The van der Waals surface area contributed by atoms with Gasteiger partial charge in [-0.25, -0.2) is 8.42 Å². The molecule has 4 rings (SSSR count). The molecule has 164 valence electrons. The van der Waals surface area contributed by atoms with E-state index in [9.17, 15) is 31.6 Å². The molecule has 0 atom stereocenters. The molecular formula is C19H21ClF3N3O3S. The van der Waals surface area contributed by atoms with E-state index < -0.39 is 39.8 Å². The van der Waals surface area contributed by atoms with Crippen LogP contribution in [0.2, 0.25) is 5.02 Å². The Morgan fingerprint density at radius 1 is 1.17 bits per heavy atom. The summed E-state index contributed by atoms with van der Waals surface area (Å²) in [5, 5.41) is 12.5. The van der Waals surface area contributed by atoms with Gasteiger partial charge in [-0.05, 0) is 56.7 Å². The van der Waals surface area contributed by atoms with Gasteiger partial charge in [0.25, 0.3) is 5.91 Å². The highest BCUT2D eigenvalue weighted by Gasteiger charge is 2.49. The minimum atomic E-state index is -4.62. The Balaban J connectivity index is 1.77. The Labute approximate surface area is 177 Å². The predicted octanol–water partition coefficient (Wildman–Crippen LogP) is 4.38. The molecule has 0 aromatic heterocycles. The molecule has 0 aliphatic heterocycles. The summed E-state index contributed by atoms with van der Waals surface area (Å²) in [5.74, 6) is -1.71. The summed E-state index contributed by atoms with van der Waals surface area (Å²) in [6, 6.07) is 6.26. The molecule has 3 aliphatic rings. The van der Waals surface area contributed by atoms with E-state index >= 15 is 0 Å². The largest absolute Gasteiger partial charge is 0.390 e. The monoisotopic (exact) mass is 463 g/mol. The maximum atomic E-state index is 13.0. The van der Waals surface area contributed by atoms with Crippen molar-refractivity contribution in [1.29, 1.82) is 5.26 Å². The summed E-state index contributed by atoms with van der Waals surface area (Å²) < 4.78 is 63.4. The van der Waals surface area contributed by atoms with Crippen LogP contribution in [0.25, 0.3) is 0 Å². The van der Waals surface area contributed by atoms with E-state index in [1.165, 1.54) is 18.2 Å². The number of anilines is 1. The number of halogens is 4. The number of hydrogen-bond donors (Lipinski definition) is 2. The van der Waals surface area contributed by atoms with Gasteiger partial charge in [-0.15, -0.1) is 0 Å². The zero-order valence-electron chi connectivity index (χ0n) is 16.0. The van der Waals surface area contributed by atoms with Gasteiger partial charge in [0, 0.05) is 10.6 Å². The molecule has 0 spiro atoms. The molecule has 3 fully saturated rings. The molecule has 2 bridgehead atoms. The standard InChI is InChI=1S/C19H21ClF3N3O3S/c20-13-1-2-15(26-30(28,29)10-9-19(21,22)23)14(11-13)16(27)25-18-6-3-17(12-24,4-7-18)5-8-18/h1-2,11,26H,3-10H2,(H,25,27). The van der Waals surface area contributed by atoms with Crippen LogP contribution < -0.4 is 10.0 Å². The van der Waals surface area contributed by atoms with Crippen LogP contribution in [-0.4, -0.2) is 31.8 Å². The van der Waals surface area contributed by atoms with Crippen LogP contribution >= 0.6 is 11.6 Å². The lowest BCUT2D eigenvalue weighted by molar-refractivity contribution is -0.129. The van der Waals surface area contributed by atoms with Crippen molar-refractivity contribution in [3.63, 3.8) is 0 Å². The van der Waals surface area contributed by atoms with Crippen molar-refractivity contribution in [2.45, 2.75) is 56.7 Å². The quantitative estimate of drug-likeness (QED) is 0.653. The van der Waals surface area contributed by atoms with Gasteiger partial charge in [-0.1, -0.05) is 11.6 Å². The average Bonchev–Trinajstić information content (AvgIpc) is 2.68. The molecule has 0 heterocycles. The van der Waals surface area contributed by atoms with E-state index in [-0.39, 0.29) is 21.7 Å². The van der Waals surface area contributed by atoms with Crippen LogP contribution in [0.4, 0.5) is 18.9 Å². The van der Waals surface area contributed by atoms with E-state index in [1.807, 2.05) is 0 Å². The lowest BCUT2D eigenvalue weighted by atomic mass is 9.58. The summed E-state index contributed by atoms with van der Waals surface area (Å²) in [4.78, 5) is 13.0. The molecule has 3 aliphatic carbocycles. The summed E-state index contributed by atoms with van der Waals surface area (Å²) in [6.45, 7) is 0. The second-order valence-electron chi connectivity index (χ2n) is 8.10. The first-order valence-electron chi connectivity index (χ1n) is 9.47. The highest BCUT2D eigenvalue weighted by Crippen LogP contribution is 2.52. The van der Waals surface area contributed by atoms with Crippen LogP contribution in [0.5, 0.6) is 0 Å². The smallest absolute Gasteiger partial charge is 0.347 e. The summed E-state index contributed by atoms with van der Waals surface area (Å²) in [5.41, 5.74) is -1.00. The van der Waals surface area contributed by atoms with Crippen LogP contribution in [0, 0.1) is 16.7 Å². The molecule has 30 heavy (non-hydrogen) atoms. The third kappa shape index (κ3) is 5.19. The highest BCUT2D eigenvalue weighted by molar-refractivity contribution is 7.92. The summed E-state index contributed by atoms with van der Waals surface area (Å²) >= 11 is 5.97. The molecule has 0 unspecified atom stereocenters. The van der Waals surface area contributed by atoms with Crippen molar-refractivity contribution in [2.24, 2.45) is 5.41 Å². The molecule has 1 aromatic carbocycles. The van der Waals surface area contributed by atoms with Crippen molar-refractivity contribution in [1.82, 2.24) is 5.32 Å². The van der Waals surface area contributed by atoms with Crippen molar-refractivity contribution in [3.05, 3.63) is 28.8 Å². The molecule has 11 heteroatoms. The Kier molecular flexibility index (Phi) is 6.00. The fourth-order valence-electron chi connectivity index (χ4n) is 4.11. The molecule has 0 saturated heterocycles. The number of rotatable bonds is 6.